The van der Waals surface area contributed by atoms with Gasteiger partial charge in [0.25, 0.3) is 5.91 Å². The molecule has 0 bridgehead atoms. The first-order valence-electron chi connectivity index (χ1n) is 11.2. The highest BCUT2D eigenvalue weighted by atomic mass is 32.1. The van der Waals surface area contributed by atoms with Crippen molar-refractivity contribution < 1.29 is 27.4 Å². The first kappa shape index (κ1) is 25.2. The fourth-order valence-electron chi connectivity index (χ4n) is 3.62. The van der Waals surface area contributed by atoms with E-state index in [2.05, 4.69) is 36.0 Å². The van der Waals surface area contributed by atoms with Crippen LogP contribution in [0.4, 0.5) is 13.2 Å². The van der Waals surface area contributed by atoms with E-state index >= 15 is 0 Å². The molecule has 1 N–H and O–H groups in total. The number of carbonyl (C=O) groups is 1. The summed E-state index contributed by atoms with van der Waals surface area (Å²) in [5, 5.41) is 6.53. The molecule has 35 heavy (non-hydrogen) atoms. The van der Waals surface area contributed by atoms with Gasteiger partial charge in [-0.05, 0) is 42.5 Å². The van der Waals surface area contributed by atoms with E-state index in [0.717, 1.165) is 35.9 Å². The Labute approximate surface area is 204 Å². The van der Waals surface area contributed by atoms with E-state index in [1.165, 1.54) is 17.5 Å². The van der Waals surface area contributed by atoms with Crippen LogP contribution < -0.4 is 9.54 Å². The molecule has 0 spiro atoms. The Balaban J connectivity index is 1.72. The molecule has 0 aliphatic carbocycles. The fraction of sp³-hybridized carbons (Fsp3) is 0.458. The molecule has 1 aliphatic rings. The van der Waals surface area contributed by atoms with Gasteiger partial charge in [-0.15, -0.1) is 11.3 Å². The third-order valence-electron chi connectivity index (χ3n) is 5.56. The van der Waals surface area contributed by atoms with Crippen molar-refractivity contribution in [1.82, 2.24) is 14.8 Å². The molecule has 3 heterocycles. The molecular weight excluding hydrogens is 481 g/mol. The first-order valence-corrected chi connectivity index (χ1v) is 12.1. The maximum atomic E-state index is 13.4. The first-order chi connectivity index (χ1) is 16.5. The number of amides is 1. The lowest BCUT2D eigenvalue weighted by Crippen LogP contribution is -2.23. The highest BCUT2D eigenvalue weighted by Gasteiger charge is 2.32. The Morgan fingerprint density at radius 1 is 1.31 bits per heavy atom. The average Bonchev–Trinajstić information content (AvgIpc) is 3.54. The van der Waals surface area contributed by atoms with Crippen LogP contribution in [-0.2, 0) is 29.5 Å². The summed E-state index contributed by atoms with van der Waals surface area (Å²) in [6, 6.07) is 4.50. The fourth-order valence-corrected chi connectivity index (χ4v) is 4.68. The van der Waals surface area contributed by atoms with E-state index in [-0.39, 0.29) is 29.4 Å². The van der Waals surface area contributed by atoms with Gasteiger partial charge in [-0.3, -0.25) is 9.89 Å². The lowest BCUT2D eigenvalue weighted by Gasteiger charge is -2.15. The zero-order valence-electron chi connectivity index (χ0n) is 19.7. The molecule has 7 nitrogen and oxygen atoms in total. The Morgan fingerprint density at radius 3 is 2.74 bits per heavy atom. The molecule has 1 saturated heterocycles. The van der Waals surface area contributed by atoms with E-state index in [1.807, 2.05) is 10.8 Å². The minimum Gasteiger partial charge on any atom is -0.486 e. The number of alkyl halides is 3. The largest absolute Gasteiger partial charge is 0.486 e. The number of nitrogens with zero attached hydrogens (tertiary/aromatic N) is 3. The molecule has 1 amide bonds. The smallest absolute Gasteiger partial charge is 0.416 e. The second-order valence-electron chi connectivity index (χ2n) is 9.41. The van der Waals surface area contributed by atoms with Gasteiger partial charge in [-0.25, -0.2) is 0 Å². The SMILES string of the molecule is CC(C)(C)c1cn(C[C@H]2CCCO2)c(=NC(=O)c2cc(C(F)(F)F)ccc2OCc2ccn[nH]2)s1. The molecule has 2 aromatic heterocycles. The van der Waals surface area contributed by atoms with Gasteiger partial charge in [-0.1, -0.05) is 20.8 Å². The van der Waals surface area contributed by atoms with E-state index in [9.17, 15) is 18.0 Å². The number of halogens is 3. The topological polar surface area (TPSA) is 81.5 Å². The molecule has 3 aromatic rings. The van der Waals surface area contributed by atoms with Crippen LogP contribution in [0.3, 0.4) is 0 Å². The van der Waals surface area contributed by atoms with Crippen molar-refractivity contribution in [3.63, 3.8) is 0 Å². The van der Waals surface area contributed by atoms with Crippen LogP contribution in [0.2, 0.25) is 0 Å². The second-order valence-corrected chi connectivity index (χ2v) is 10.4. The van der Waals surface area contributed by atoms with E-state index < -0.39 is 17.6 Å². The summed E-state index contributed by atoms with van der Waals surface area (Å²) < 4.78 is 53.5. The van der Waals surface area contributed by atoms with Crippen LogP contribution in [0, 0.1) is 0 Å². The molecule has 1 aliphatic heterocycles. The van der Waals surface area contributed by atoms with Gasteiger partial charge >= 0.3 is 6.18 Å². The summed E-state index contributed by atoms with van der Waals surface area (Å²) in [5.74, 6) is -0.793. The lowest BCUT2D eigenvalue weighted by molar-refractivity contribution is -0.137. The van der Waals surface area contributed by atoms with Crippen LogP contribution in [0.1, 0.15) is 60.1 Å². The standard InChI is InChI=1S/C24H27F3N4O3S/c1-23(2,3)20-13-31(12-17-5-4-10-33-17)22(35-20)29-21(32)18-11-15(24(25,26)27)6-7-19(18)34-14-16-8-9-28-30-16/h6-9,11,13,17H,4-5,10,12,14H2,1-3H3,(H,28,30)/t17-/m1/s1. The quantitative estimate of drug-likeness (QED) is 0.503. The zero-order chi connectivity index (χ0) is 25.2. The number of carbonyl (C=O) groups excluding carboxylic acids is 1. The highest BCUT2D eigenvalue weighted by molar-refractivity contribution is 7.09. The van der Waals surface area contributed by atoms with Crippen LogP contribution in [-0.4, -0.2) is 33.4 Å². The third kappa shape index (κ3) is 6.21. The van der Waals surface area contributed by atoms with Gasteiger partial charge in [0.15, 0.2) is 4.80 Å². The molecular formula is C24H27F3N4O3S. The molecule has 0 radical (unpaired) electrons. The van der Waals surface area contributed by atoms with Gasteiger partial charge in [0.1, 0.15) is 12.4 Å². The summed E-state index contributed by atoms with van der Waals surface area (Å²) in [6.07, 6.45) is 0.741. The van der Waals surface area contributed by atoms with Crippen molar-refractivity contribution in [2.45, 2.75) is 64.5 Å². The lowest BCUT2D eigenvalue weighted by atomic mass is 9.95. The molecule has 1 fully saturated rings. The van der Waals surface area contributed by atoms with Crippen molar-refractivity contribution in [2.24, 2.45) is 4.99 Å². The van der Waals surface area contributed by atoms with Crippen LogP contribution in [0.15, 0.2) is 41.7 Å². The minimum absolute atomic E-state index is 0.00771. The number of benzene rings is 1. The summed E-state index contributed by atoms with van der Waals surface area (Å²) in [6.45, 7) is 7.37. The van der Waals surface area contributed by atoms with Crippen molar-refractivity contribution in [1.29, 1.82) is 0 Å². The number of hydrogen-bond donors (Lipinski definition) is 1. The number of ether oxygens (including phenoxy) is 2. The van der Waals surface area contributed by atoms with Gasteiger partial charge in [-0.2, -0.15) is 23.3 Å². The second kappa shape index (κ2) is 9.98. The zero-order valence-corrected chi connectivity index (χ0v) is 20.5. The Hall–Kier alpha value is -2.92. The van der Waals surface area contributed by atoms with Gasteiger partial charge in [0.05, 0.1) is 29.5 Å². The number of aromatic nitrogens is 3. The average molecular weight is 509 g/mol. The maximum absolute atomic E-state index is 13.4. The number of H-pyrrole nitrogens is 1. The van der Waals surface area contributed by atoms with Crippen molar-refractivity contribution in [3.8, 4) is 5.75 Å². The molecule has 1 aromatic carbocycles. The Morgan fingerprint density at radius 2 is 2.11 bits per heavy atom. The molecule has 11 heteroatoms. The number of thiazole rings is 1. The van der Waals surface area contributed by atoms with Crippen LogP contribution in [0.5, 0.6) is 5.75 Å². The predicted octanol–water partition coefficient (Wildman–Crippen LogP) is 5.09. The highest BCUT2D eigenvalue weighted by Crippen LogP contribution is 2.33. The Kier molecular flexibility index (Phi) is 7.18. The molecule has 0 saturated carbocycles. The van der Waals surface area contributed by atoms with Crippen LogP contribution in [0.25, 0.3) is 0 Å². The van der Waals surface area contributed by atoms with Crippen LogP contribution >= 0.6 is 11.3 Å². The minimum atomic E-state index is -4.61. The predicted molar refractivity (Wildman–Crippen MR) is 124 cm³/mol. The normalized spacial score (nSPS) is 17.2. The van der Waals surface area contributed by atoms with Crippen molar-refractivity contribution in [3.05, 3.63) is 63.2 Å². The molecule has 188 valence electrons. The summed E-state index contributed by atoms with van der Waals surface area (Å²) in [5.41, 5.74) is -0.774. The number of aromatic amines is 1. The summed E-state index contributed by atoms with van der Waals surface area (Å²) >= 11 is 1.34. The number of nitrogens with one attached hydrogen (secondary N) is 1. The third-order valence-corrected chi connectivity index (χ3v) is 7.01. The maximum Gasteiger partial charge on any atom is 0.416 e. The summed E-state index contributed by atoms with van der Waals surface area (Å²) in [7, 11) is 0. The summed E-state index contributed by atoms with van der Waals surface area (Å²) in [4.78, 5) is 18.9. The van der Waals surface area contributed by atoms with Crippen molar-refractivity contribution >= 4 is 17.2 Å². The van der Waals surface area contributed by atoms with Gasteiger partial charge in [0.2, 0.25) is 0 Å². The van der Waals surface area contributed by atoms with Gasteiger partial charge in [0, 0.05) is 23.9 Å². The van der Waals surface area contributed by atoms with Crippen molar-refractivity contribution in [2.75, 3.05) is 6.61 Å². The molecule has 4 rings (SSSR count). The van der Waals surface area contributed by atoms with E-state index in [0.29, 0.717) is 23.6 Å². The Bertz CT molecular complexity index is 1230. The van der Waals surface area contributed by atoms with E-state index in [4.69, 9.17) is 9.47 Å². The monoisotopic (exact) mass is 508 g/mol. The van der Waals surface area contributed by atoms with E-state index in [1.54, 1.807) is 6.07 Å². The molecule has 0 unspecified atom stereocenters. The van der Waals surface area contributed by atoms with Gasteiger partial charge < -0.3 is 14.0 Å². The number of hydrogen-bond acceptors (Lipinski definition) is 5. The number of rotatable bonds is 6. The molecule has 1 atom stereocenters.